The van der Waals surface area contributed by atoms with E-state index in [1.807, 2.05) is 6.92 Å². The van der Waals surface area contributed by atoms with Crippen LogP contribution in [-0.4, -0.2) is 69.4 Å². The van der Waals surface area contributed by atoms with Crippen molar-refractivity contribution in [3.63, 3.8) is 0 Å². The number of fused-ring (bicyclic) bond motifs is 1. The van der Waals surface area contributed by atoms with E-state index in [9.17, 15) is 0 Å². The van der Waals surface area contributed by atoms with E-state index in [0.717, 1.165) is 11.7 Å². The number of nitrogens with zero attached hydrogens (tertiary/aromatic N) is 1. The summed E-state index contributed by atoms with van der Waals surface area (Å²) in [5.74, 6) is 0. The van der Waals surface area contributed by atoms with Crippen molar-refractivity contribution in [2.45, 2.75) is 36.7 Å². The van der Waals surface area contributed by atoms with Crippen molar-refractivity contribution in [2.75, 3.05) is 34.5 Å². The fraction of sp³-hybridized carbons (Fsp3) is 0.917. The molecule has 0 aromatic heterocycles. The fourth-order valence-electron chi connectivity index (χ4n) is 2.50. The van der Waals surface area contributed by atoms with Crippen LogP contribution in [0.3, 0.4) is 0 Å². The molecule has 7 heteroatoms. The van der Waals surface area contributed by atoms with Crippen molar-refractivity contribution < 1.29 is 18.9 Å². The van der Waals surface area contributed by atoms with Crippen LogP contribution in [0.25, 0.3) is 0 Å². The van der Waals surface area contributed by atoms with Gasteiger partial charge in [0.2, 0.25) is 0 Å². The van der Waals surface area contributed by atoms with Crippen molar-refractivity contribution in [3.05, 3.63) is 0 Å². The van der Waals surface area contributed by atoms with E-state index in [4.69, 9.17) is 18.9 Å². The number of thioether (sulfide) groups is 1. The normalized spacial score (nSPS) is 37.9. The van der Waals surface area contributed by atoms with E-state index < -0.39 is 0 Å². The largest absolute Gasteiger partial charge is 0.382 e. The molecule has 110 valence electrons. The summed E-state index contributed by atoms with van der Waals surface area (Å²) < 4.78 is 22.4. The van der Waals surface area contributed by atoms with Gasteiger partial charge in [-0.25, -0.2) is 0 Å². The highest BCUT2D eigenvalue weighted by Gasteiger charge is 2.49. The third kappa shape index (κ3) is 3.05. The summed E-state index contributed by atoms with van der Waals surface area (Å²) in [4.78, 5) is 4.64. The molecular weight excluding hydrogens is 268 g/mol. The maximum atomic E-state index is 6.04. The second kappa shape index (κ2) is 6.90. The maximum absolute atomic E-state index is 6.04. The molecule has 2 aliphatic heterocycles. The molecule has 0 unspecified atom stereocenters. The summed E-state index contributed by atoms with van der Waals surface area (Å²) in [6.07, 6.45) is -0.422. The lowest BCUT2D eigenvalue weighted by molar-refractivity contribution is -0.185. The Hall–Kier alpha value is -0.340. The first-order valence-corrected chi connectivity index (χ1v) is 7.31. The number of hydrogen-bond donors (Lipinski definition) is 1. The number of amidine groups is 1. The molecule has 0 bridgehead atoms. The Morgan fingerprint density at radius 2 is 2.00 bits per heavy atom. The summed E-state index contributed by atoms with van der Waals surface area (Å²) in [5.41, 5.74) is -0.0365. The monoisotopic (exact) mass is 290 g/mol. The van der Waals surface area contributed by atoms with Gasteiger partial charge >= 0.3 is 0 Å². The molecule has 2 aliphatic rings. The molecular formula is C12H22N2O4S. The standard InChI is InChI=1S/C12H22N2O4S/c1-5-13-12-14-8-10(17-4)9(16-3)7(6-15-2)18-11(8)19-12/h7-11H,5-6H2,1-4H3,(H,13,14)/t7-,8-,9-,10-,11-/m1/s1. The smallest absolute Gasteiger partial charge is 0.159 e. The highest BCUT2D eigenvalue weighted by molar-refractivity contribution is 8.14. The van der Waals surface area contributed by atoms with Crippen molar-refractivity contribution in [2.24, 2.45) is 4.99 Å². The van der Waals surface area contributed by atoms with Gasteiger partial charge < -0.3 is 24.3 Å². The number of methoxy groups -OCH3 is 3. The fourth-order valence-corrected chi connectivity index (χ4v) is 3.68. The highest BCUT2D eigenvalue weighted by Crippen LogP contribution is 2.37. The zero-order valence-corrected chi connectivity index (χ0v) is 12.6. The van der Waals surface area contributed by atoms with Crippen LogP contribution < -0.4 is 5.32 Å². The molecule has 0 radical (unpaired) electrons. The number of aliphatic imine (C=N–C) groups is 1. The van der Waals surface area contributed by atoms with Gasteiger partial charge in [-0.15, -0.1) is 0 Å². The van der Waals surface area contributed by atoms with Crippen molar-refractivity contribution in [3.8, 4) is 0 Å². The van der Waals surface area contributed by atoms with Crippen LogP contribution in [0.5, 0.6) is 0 Å². The van der Waals surface area contributed by atoms with E-state index in [-0.39, 0.29) is 29.8 Å². The van der Waals surface area contributed by atoms with Crippen molar-refractivity contribution >= 4 is 16.9 Å². The molecule has 0 amide bonds. The average molecular weight is 290 g/mol. The molecule has 2 rings (SSSR count). The molecule has 6 nitrogen and oxygen atoms in total. The first kappa shape index (κ1) is 15.1. The topological polar surface area (TPSA) is 61.3 Å². The van der Waals surface area contributed by atoms with Gasteiger partial charge in [-0.05, 0) is 6.92 Å². The van der Waals surface area contributed by atoms with Crippen molar-refractivity contribution in [1.82, 2.24) is 5.32 Å². The molecule has 1 N–H and O–H groups in total. The van der Waals surface area contributed by atoms with Crippen LogP contribution in [0.1, 0.15) is 6.92 Å². The van der Waals surface area contributed by atoms with Gasteiger partial charge in [0.1, 0.15) is 29.8 Å². The summed E-state index contributed by atoms with van der Waals surface area (Å²) in [6.45, 7) is 3.38. The minimum Gasteiger partial charge on any atom is -0.382 e. The first-order valence-electron chi connectivity index (χ1n) is 6.43. The maximum Gasteiger partial charge on any atom is 0.159 e. The average Bonchev–Trinajstić information content (AvgIpc) is 2.80. The Morgan fingerprint density at radius 1 is 1.26 bits per heavy atom. The second-order valence-electron chi connectivity index (χ2n) is 4.47. The zero-order valence-electron chi connectivity index (χ0n) is 11.8. The molecule has 2 heterocycles. The van der Waals surface area contributed by atoms with E-state index in [0.29, 0.717) is 6.61 Å². The van der Waals surface area contributed by atoms with Gasteiger partial charge in [-0.3, -0.25) is 4.99 Å². The van der Waals surface area contributed by atoms with Gasteiger partial charge in [-0.2, -0.15) is 0 Å². The Balaban J connectivity index is 2.14. The predicted molar refractivity (Wildman–Crippen MR) is 74.6 cm³/mol. The van der Waals surface area contributed by atoms with Gasteiger partial charge in [0.25, 0.3) is 0 Å². The zero-order chi connectivity index (χ0) is 13.8. The van der Waals surface area contributed by atoms with Crippen LogP contribution >= 0.6 is 11.8 Å². The molecule has 0 aliphatic carbocycles. The molecule has 1 saturated heterocycles. The van der Waals surface area contributed by atoms with Crippen LogP contribution in [0.4, 0.5) is 0 Å². The van der Waals surface area contributed by atoms with E-state index in [2.05, 4.69) is 10.3 Å². The van der Waals surface area contributed by atoms with E-state index in [1.165, 1.54) is 0 Å². The molecule has 19 heavy (non-hydrogen) atoms. The van der Waals surface area contributed by atoms with E-state index in [1.54, 1.807) is 33.1 Å². The van der Waals surface area contributed by atoms with Gasteiger partial charge in [0.15, 0.2) is 5.17 Å². The Labute approximate surface area is 118 Å². The Bertz CT molecular complexity index is 329. The van der Waals surface area contributed by atoms with Crippen LogP contribution in [0.15, 0.2) is 4.99 Å². The minimum atomic E-state index is -0.170. The van der Waals surface area contributed by atoms with Crippen LogP contribution in [0.2, 0.25) is 0 Å². The highest BCUT2D eigenvalue weighted by atomic mass is 32.2. The molecule has 0 aromatic rings. The van der Waals surface area contributed by atoms with Crippen LogP contribution in [-0.2, 0) is 18.9 Å². The Morgan fingerprint density at radius 3 is 2.58 bits per heavy atom. The lowest BCUT2D eigenvalue weighted by Crippen LogP contribution is -2.57. The number of nitrogens with one attached hydrogen (secondary N) is 1. The quantitative estimate of drug-likeness (QED) is 0.794. The predicted octanol–water partition coefficient (Wildman–Crippen LogP) is 0.469. The van der Waals surface area contributed by atoms with Crippen molar-refractivity contribution in [1.29, 1.82) is 0 Å². The third-order valence-electron chi connectivity index (χ3n) is 3.31. The molecule has 0 spiro atoms. The number of hydrogen-bond acceptors (Lipinski definition) is 7. The lowest BCUT2D eigenvalue weighted by atomic mass is 9.98. The Kier molecular flexibility index (Phi) is 5.47. The van der Waals surface area contributed by atoms with Gasteiger partial charge in [0, 0.05) is 27.9 Å². The second-order valence-corrected chi connectivity index (χ2v) is 5.56. The first-order chi connectivity index (χ1) is 9.24. The van der Waals surface area contributed by atoms with Gasteiger partial charge in [-0.1, -0.05) is 11.8 Å². The summed E-state index contributed by atoms with van der Waals surface area (Å²) in [5, 5.41) is 4.14. The SMILES string of the molecule is CCNC1=N[C@@H]2[C@@H](OC)[C@H](OC)[C@@H](COC)O[C@@H]2S1. The summed E-state index contributed by atoms with van der Waals surface area (Å²) >= 11 is 1.61. The van der Waals surface area contributed by atoms with E-state index >= 15 is 0 Å². The lowest BCUT2D eigenvalue weighted by Gasteiger charge is -2.41. The molecule has 5 atom stereocenters. The van der Waals surface area contributed by atoms with Gasteiger partial charge in [0.05, 0.1) is 6.61 Å². The molecule has 1 fully saturated rings. The minimum absolute atomic E-state index is 0.0365. The molecule has 0 aromatic carbocycles. The van der Waals surface area contributed by atoms with Crippen LogP contribution in [0, 0.1) is 0 Å². The number of ether oxygens (including phenoxy) is 4. The third-order valence-corrected chi connectivity index (χ3v) is 4.41. The summed E-state index contributed by atoms with van der Waals surface area (Å²) in [6, 6.07) is -0.0397. The number of rotatable bonds is 5. The molecule has 0 saturated carbocycles. The summed E-state index contributed by atoms with van der Waals surface area (Å²) in [7, 11) is 5.01.